The molecule has 0 bridgehead atoms. The highest BCUT2D eigenvalue weighted by molar-refractivity contribution is 5.77. The topological polar surface area (TPSA) is 95.9 Å². The normalized spacial score (nSPS) is 13.6. The molecule has 67 heavy (non-hydrogen) atoms. The maximum absolute atomic E-state index is 13.3. The van der Waals surface area contributed by atoms with Crippen molar-refractivity contribution in [3.05, 3.63) is 60.8 Å². The molecule has 0 aliphatic rings. The zero-order valence-corrected chi connectivity index (χ0v) is 44.5. The number of hydrogen-bond donors (Lipinski definition) is 3. The first kappa shape index (κ1) is 64.6. The van der Waals surface area contributed by atoms with Crippen LogP contribution >= 0.6 is 0 Å². The molecule has 0 aliphatic carbocycles. The first-order chi connectivity index (χ1) is 33.0. The van der Waals surface area contributed by atoms with Crippen molar-refractivity contribution in [2.45, 2.75) is 309 Å². The molecule has 0 aromatic heterocycles. The second-order valence-electron chi connectivity index (χ2n) is 19.8. The van der Waals surface area contributed by atoms with Gasteiger partial charge in [0.1, 0.15) is 6.10 Å². The lowest BCUT2D eigenvalue weighted by Crippen LogP contribution is -2.46. The van der Waals surface area contributed by atoms with E-state index in [1.807, 2.05) is 0 Å². The van der Waals surface area contributed by atoms with E-state index in [-0.39, 0.29) is 24.9 Å². The third-order valence-electron chi connectivity index (χ3n) is 13.2. The number of unbranched alkanes of at least 4 members (excludes halogenated alkanes) is 33. The quantitative estimate of drug-likeness (QED) is 0.0244. The Morgan fingerprint density at radius 2 is 0.776 bits per heavy atom. The average Bonchev–Trinajstić information content (AvgIpc) is 3.32. The first-order valence-electron chi connectivity index (χ1n) is 29.1. The van der Waals surface area contributed by atoms with Gasteiger partial charge in [0.05, 0.1) is 25.2 Å². The summed E-state index contributed by atoms with van der Waals surface area (Å²) >= 11 is 0. The van der Waals surface area contributed by atoms with Crippen LogP contribution in [0.25, 0.3) is 0 Å². The number of aliphatic hydroxyl groups is 2. The van der Waals surface area contributed by atoms with Gasteiger partial charge >= 0.3 is 5.97 Å². The van der Waals surface area contributed by atoms with Crippen molar-refractivity contribution in [2.75, 3.05) is 6.61 Å². The van der Waals surface area contributed by atoms with Crippen LogP contribution in [-0.2, 0) is 14.3 Å². The minimum Gasteiger partial charge on any atom is -0.462 e. The van der Waals surface area contributed by atoms with Crippen LogP contribution in [0.4, 0.5) is 0 Å². The van der Waals surface area contributed by atoms with Crippen LogP contribution in [0.3, 0.4) is 0 Å². The van der Waals surface area contributed by atoms with Crippen LogP contribution < -0.4 is 5.32 Å². The molecule has 6 nitrogen and oxygen atoms in total. The number of nitrogens with one attached hydrogen (secondary N) is 1. The van der Waals surface area contributed by atoms with E-state index in [2.05, 4.69) is 86.8 Å². The summed E-state index contributed by atoms with van der Waals surface area (Å²) in [5.74, 6) is -0.515. The van der Waals surface area contributed by atoms with Crippen molar-refractivity contribution >= 4 is 11.9 Å². The Morgan fingerprint density at radius 1 is 0.433 bits per heavy atom. The van der Waals surface area contributed by atoms with Crippen LogP contribution in [-0.4, -0.2) is 46.9 Å². The number of esters is 1. The predicted molar refractivity (Wildman–Crippen MR) is 292 cm³/mol. The zero-order chi connectivity index (χ0) is 48.8. The highest BCUT2D eigenvalue weighted by Gasteiger charge is 2.24. The second kappa shape index (κ2) is 54.5. The molecule has 0 aromatic rings. The molecule has 0 aliphatic heterocycles. The van der Waals surface area contributed by atoms with Crippen LogP contribution in [0.1, 0.15) is 290 Å². The zero-order valence-electron chi connectivity index (χ0n) is 44.5. The number of amides is 1. The molecule has 0 saturated carbocycles. The molecule has 6 heteroatoms. The van der Waals surface area contributed by atoms with Gasteiger partial charge in [0.15, 0.2) is 0 Å². The summed E-state index contributed by atoms with van der Waals surface area (Å²) in [5.41, 5.74) is 0. The molecule has 0 heterocycles. The number of rotatable bonds is 52. The number of aliphatic hydroxyl groups excluding tert-OH is 2. The van der Waals surface area contributed by atoms with Crippen molar-refractivity contribution in [1.29, 1.82) is 0 Å². The SMILES string of the molecule is CCCCC/C=C/C=C/C=C/C=C/CCCCCC(CC(=O)NC(CO)C(O)CCCCCCCCCCCCCCCCCC)OC(=O)CCCCCCC/C=C/CCCCCCCCC. The summed E-state index contributed by atoms with van der Waals surface area (Å²) in [4.78, 5) is 26.3. The van der Waals surface area contributed by atoms with Gasteiger partial charge in [-0.3, -0.25) is 9.59 Å². The Balaban J connectivity index is 4.63. The smallest absolute Gasteiger partial charge is 0.306 e. The standard InChI is InChI=1S/C61H111NO5/c1-4-7-10-13-16-19-22-25-28-31-34-37-40-43-46-49-52-57(67-61(66)54-51-48-45-42-39-36-33-30-27-24-21-18-15-12-9-6-3)55-60(65)62-58(56-63)59(64)53-50-47-44-41-38-35-32-29-26-23-20-17-14-11-8-5-2/h16,19,22,25,28,30-31,33-34,37,57-59,63-64H,4-15,17-18,20-21,23-24,26-27,29,32,35-36,38-56H2,1-3H3,(H,62,65)/b19-16+,25-22+,31-28+,33-30+,37-34+. The van der Waals surface area contributed by atoms with Gasteiger partial charge in [0.25, 0.3) is 0 Å². The third kappa shape index (κ3) is 49.8. The molecular weight excluding hydrogens is 827 g/mol. The summed E-state index contributed by atoms with van der Waals surface area (Å²) in [6.45, 7) is 6.46. The Morgan fingerprint density at radius 3 is 1.24 bits per heavy atom. The first-order valence-corrected chi connectivity index (χ1v) is 29.1. The van der Waals surface area contributed by atoms with E-state index in [0.29, 0.717) is 19.3 Å². The van der Waals surface area contributed by atoms with E-state index in [0.717, 1.165) is 77.0 Å². The van der Waals surface area contributed by atoms with Crippen molar-refractivity contribution in [3.8, 4) is 0 Å². The van der Waals surface area contributed by atoms with Gasteiger partial charge in [-0.05, 0) is 77.0 Å². The number of carbonyl (C=O) groups is 2. The summed E-state index contributed by atoms with van der Waals surface area (Å²) in [7, 11) is 0. The highest BCUT2D eigenvalue weighted by Crippen LogP contribution is 2.18. The van der Waals surface area contributed by atoms with Gasteiger partial charge in [0.2, 0.25) is 5.91 Å². The Labute approximate surface area is 416 Å². The number of ether oxygens (including phenoxy) is 1. The maximum Gasteiger partial charge on any atom is 0.306 e. The molecule has 0 fully saturated rings. The monoisotopic (exact) mass is 938 g/mol. The highest BCUT2D eigenvalue weighted by atomic mass is 16.5. The van der Waals surface area contributed by atoms with Crippen molar-refractivity contribution < 1.29 is 24.5 Å². The maximum atomic E-state index is 13.3. The molecule has 3 atom stereocenters. The molecule has 0 rings (SSSR count). The molecule has 3 unspecified atom stereocenters. The third-order valence-corrected chi connectivity index (χ3v) is 13.2. The molecule has 0 radical (unpaired) electrons. The fourth-order valence-corrected chi connectivity index (χ4v) is 8.73. The fourth-order valence-electron chi connectivity index (χ4n) is 8.73. The van der Waals surface area contributed by atoms with E-state index >= 15 is 0 Å². The van der Waals surface area contributed by atoms with Gasteiger partial charge in [0, 0.05) is 6.42 Å². The van der Waals surface area contributed by atoms with Crippen LogP contribution in [0.2, 0.25) is 0 Å². The van der Waals surface area contributed by atoms with E-state index < -0.39 is 18.2 Å². The molecule has 3 N–H and O–H groups in total. The van der Waals surface area contributed by atoms with Gasteiger partial charge in [-0.15, -0.1) is 0 Å². The summed E-state index contributed by atoms with van der Waals surface area (Å²) in [6.07, 6.45) is 68.5. The minimum absolute atomic E-state index is 0.0482. The van der Waals surface area contributed by atoms with Gasteiger partial charge in [-0.25, -0.2) is 0 Å². The Kier molecular flexibility index (Phi) is 52.5. The summed E-state index contributed by atoms with van der Waals surface area (Å²) in [6, 6.07) is -0.718. The Hall–Kier alpha value is -2.44. The minimum atomic E-state index is -0.802. The van der Waals surface area contributed by atoms with Crippen molar-refractivity contribution in [3.63, 3.8) is 0 Å². The van der Waals surface area contributed by atoms with Gasteiger partial charge in [-0.2, -0.15) is 0 Å². The summed E-state index contributed by atoms with van der Waals surface area (Å²) < 4.78 is 5.94. The van der Waals surface area contributed by atoms with E-state index in [1.165, 1.54) is 167 Å². The van der Waals surface area contributed by atoms with E-state index in [1.54, 1.807) is 0 Å². The van der Waals surface area contributed by atoms with Crippen molar-refractivity contribution in [2.24, 2.45) is 0 Å². The summed E-state index contributed by atoms with van der Waals surface area (Å²) in [5, 5.41) is 23.9. The Bertz CT molecular complexity index is 1190. The molecule has 0 spiro atoms. The van der Waals surface area contributed by atoms with Gasteiger partial charge < -0.3 is 20.3 Å². The van der Waals surface area contributed by atoms with E-state index in [4.69, 9.17) is 4.74 Å². The number of allylic oxidation sites excluding steroid dienone is 10. The second-order valence-corrected chi connectivity index (χ2v) is 19.8. The van der Waals surface area contributed by atoms with E-state index in [9.17, 15) is 19.8 Å². The van der Waals surface area contributed by atoms with Crippen LogP contribution in [0.15, 0.2) is 60.8 Å². The molecule has 0 saturated heterocycles. The lowest BCUT2D eigenvalue weighted by atomic mass is 10.0. The largest absolute Gasteiger partial charge is 0.462 e. The number of carbonyl (C=O) groups excluding carboxylic acids is 2. The average molecular weight is 939 g/mol. The fraction of sp³-hybridized carbons (Fsp3) is 0.803. The predicted octanol–water partition coefficient (Wildman–Crippen LogP) is 18.0. The van der Waals surface area contributed by atoms with Crippen LogP contribution in [0, 0.1) is 0 Å². The molecular formula is C61H111NO5. The molecule has 1 amide bonds. The lowest BCUT2D eigenvalue weighted by Gasteiger charge is -2.24. The molecule has 390 valence electrons. The number of hydrogen-bond acceptors (Lipinski definition) is 5. The van der Waals surface area contributed by atoms with Gasteiger partial charge in [-0.1, -0.05) is 261 Å². The lowest BCUT2D eigenvalue weighted by molar-refractivity contribution is -0.151. The van der Waals surface area contributed by atoms with Crippen LogP contribution in [0.5, 0.6) is 0 Å². The molecule has 0 aromatic carbocycles. The van der Waals surface area contributed by atoms with Crippen molar-refractivity contribution in [1.82, 2.24) is 5.32 Å².